The minimum Gasteiger partial charge on any atom is -0.264 e. The molecule has 0 radical (unpaired) electrons. The Kier molecular flexibility index (Phi) is 3.03. The van der Waals surface area contributed by atoms with Gasteiger partial charge in [-0.05, 0) is 53.5 Å². The Morgan fingerprint density at radius 2 is 1.92 bits per heavy atom. The monoisotopic (exact) mass is 324 g/mol. The second kappa shape index (κ2) is 5.49. The fraction of sp³-hybridized carbons (Fsp3) is 0. The average molecular weight is 324 g/mol. The van der Waals surface area contributed by atoms with E-state index >= 15 is 0 Å². The van der Waals surface area contributed by atoms with Crippen molar-refractivity contribution < 1.29 is 4.68 Å². The van der Waals surface area contributed by atoms with E-state index < -0.39 is 0 Å². The zero-order valence-electron chi connectivity index (χ0n) is 13.3. The first-order valence-corrected chi connectivity index (χ1v) is 8.04. The van der Waals surface area contributed by atoms with Gasteiger partial charge in [-0.15, -0.1) is 4.68 Å². The number of hydrogen-bond donors (Lipinski definition) is 1. The van der Waals surface area contributed by atoms with E-state index in [-0.39, 0.29) is 0 Å². The van der Waals surface area contributed by atoms with Crippen molar-refractivity contribution in [3.8, 4) is 11.3 Å². The maximum atomic E-state index is 4.75. The largest absolute Gasteiger partial charge is 0.374 e. The molecule has 0 spiro atoms. The van der Waals surface area contributed by atoms with Gasteiger partial charge in [-0.25, -0.2) is 5.43 Å². The van der Waals surface area contributed by atoms with Crippen molar-refractivity contribution in [1.82, 2.24) is 15.0 Å². The molecule has 4 aromatic rings. The Morgan fingerprint density at radius 1 is 0.960 bits per heavy atom. The number of fused-ring (bicyclic) bond motifs is 2. The molecule has 1 N–H and O–H groups in total. The second-order valence-corrected chi connectivity index (χ2v) is 5.88. The van der Waals surface area contributed by atoms with Gasteiger partial charge in [0.1, 0.15) is 6.21 Å². The summed E-state index contributed by atoms with van der Waals surface area (Å²) in [5, 5.41) is 1.12. The molecule has 0 aliphatic carbocycles. The molecular weight excluding hydrogens is 310 g/mol. The highest BCUT2D eigenvalue weighted by Gasteiger charge is 2.30. The standard InChI is InChI=1S/C20H14N5/c1-4-16(12-21-9-1)18-7-8-19-20(23-18)25(24-19)13-14-5-6-17-15(11-14)3-2-10-22-17/h1-13,24H/q+1. The van der Waals surface area contributed by atoms with Crippen LogP contribution in [0.5, 0.6) is 0 Å². The summed E-state index contributed by atoms with van der Waals surface area (Å²) < 4.78 is 1.94. The van der Waals surface area contributed by atoms with E-state index in [1.165, 1.54) is 0 Å². The molecule has 0 unspecified atom stereocenters. The molecule has 0 atom stereocenters. The number of rotatable bonds is 2. The lowest BCUT2D eigenvalue weighted by Gasteiger charge is -2.17. The van der Waals surface area contributed by atoms with Crippen molar-refractivity contribution in [2.75, 3.05) is 5.43 Å². The number of nitrogens with one attached hydrogen (secondary N) is 1. The van der Waals surface area contributed by atoms with Crippen LogP contribution < -0.4 is 5.43 Å². The van der Waals surface area contributed by atoms with Crippen molar-refractivity contribution in [2.45, 2.75) is 0 Å². The predicted molar refractivity (Wildman–Crippen MR) is 97.9 cm³/mol. The summed E-state index contributed by atoms with van der Waals surface area (Å²) in [6.07, 6.45) is 7.43. The van der Waals surface area contributed by atoms with E-state index in [2.05, 4.69) is 33.6 Å². The van der Waals surface area contributed by atoms with Gasteiger partial charge in [-0.2, -0.15) is 0 Å². The maximum Gasteiger partial charge on any atom is 0.374 e. The molecule has 0 bridgehead atoms. The minimum atomic E-state index is 0.910. The lowest BCUT2D eigenvalue weighted by molar-refractivity contribution is -0.426. The van der Waals surface area contributed by atoms with Crippen LogP contribution in [0.3, 0.4) is 0 Å². The first-order valence-electron chi connectivity index (χ1n) is 8.04. The Bertz CT molecular complexity index is 1120. The molecule has 118 valence electrons. The molecule has 0 saturated heterocycles. The lowest BCUT2D eigenvalue weighted by Crippen LogP contribution is -2.27. The van der Waals surface area contributed by atoms with Gasteiger partial charge in [-0.1, -0.05) is 6.07 Å². The summed E-state index contributed by atoms with van der Waals surface area (Å²) in [7, 11) is 0. The summed E-state index contributed by atoms with van der Waals surface area (Å²) in [5.41, 5.74) is 8.31. The van der Waals surface area contributed by atoms with Gasteiger partial charge < -0.3 is 0 Å². The van der Waals surface area contributed by atoms with Crippen LogP contribution in [0.2, 0.25) is 0 Å². The molecule has 1 aliphatic heterocycles. The topological polar surface area (TPSA) is 53.7 Å². The van der Waals surface area contributed by atoms with Crippen LogP contribution in [0.4, 0.5) is 11.5 Å². The molecule has 5 heteroatoms. The molecule has 5 rings (SSSR count). The fourth-order valence-electron chi connectivity index (χ4n) is 2.94. The maximum absolute atomic E-state index is 4.75. The van der Waals surface area contributed by atoms with E-state index in [0.717, 1.165) is 39.2 Å². The van der Waals surface area contributed by atoms with E-state index in [9.17, 15) is 0 Å². The van der Waals surface area contributed by atoms with Crippen molar-refractivity contribution in [3.63, 3.8) is 0 Å². The van der Waals surface area contributed by atoms with Crippen LogP contribution in [0.15, 0.2) is 73.2 Å². The van der Waals surface area contributed by atoms with Gasteiger partial charge in [0.25, 0.3) is 0 Å². The third-order valence-electron chi connectivity index (χ3n) is 4.21. The second-order valence-electron chi connectivity index (χ2n) is 5.88. The van der Waals surface area contributed by atoms with Gasteiger partial charge in [0.15, 0.2) is 11.4 Å². The quantitative estimate of drug-likeness (QED) is 0.570. The van der Waals surface area contributed by atoms with Gasteiger partial charge >= 0.3 is 5.82 Å². The van der Waals surface area contributed by atoms with Crippen LogP contribution in [0.1, 0.15) is 5.56 Å². The fourth-order valence-corrected chi connectivity index (χ4v) is 2.94. The first-order chi connectivity index (χ1) is 12.4. The molecule has 0 amide bonds. The number of anilines is 1. The van der Waals surface area contributed by atoms with Crippen LogP contribution in [0, 0.1) is 0 Å². The number of hydrogen-bond acceptors (Lipinski definition) is 4. The highest BCUT2D eigenvalue weighted by molar-refractivity contribution is 5.88. The summed E-state index contributed by atoms with van der Waals surface area (Å²) in [5.74, 6) is 0.910. The molecule has 5 nitrogen and oxygen atoms in total. The Labute approximate surface area is 144 Å². The summed E-state index contributed by atoms with van der Waals surface area (Å²) in [4.78, 5) is 13.3. The van der Waals surface area contributed by atoms with E-state index in [4.69, 9.17) is 4.98 Å². The third-order valence-corrected chi connectivity index (χ3v) is 4.21. The van der Waals surface area contributed by atoms with Gasteiger partial charge in [-0.3, -0.25) is 9.97 Å². The molecule has 4 heterocycles. The van der Waals surface area contributed by atoms with Crippen molar-refractivity contribution >= 4 is 28.6 Å². The number of benzene rings is 1. The lowest BCUT2D eigenvalue weighted by atomic mass is 10.1. The number of pyridine rings is 3. The first kappa shape index (κ1) is 13.8. The smallest absolute Gasteiger partial charge is 0.264 e. The van der Waals surface area contributed by atoms with Crippen molar-refractivity contribution in [3.05, 3.63) is 78.8 Å². The average Bonchev–Trinajstić information content (AvgIpc) is 2.67. The van der Waals surface area contributed by atoms with Crippen LogP contribution in [-0.4, -0.2) is 25.9 Å². The van der Waals surface area contributed by atoms with Gasteiger partial charge in [0.2, 0.25) is 0 Å². The normalized spacial score (nSPS) is 14.0. The summed E-state index contributed by atoms with van der Waals surface area (Å²) >= 11 is 0. The number of hydrazone groups is 1. The number of aromatic nitrogens is 3. The Morgan fingerprint density at radius 3 is 2.84 bits per heavy atom. The summed E-state index contributed by atoms with van der Waals surface area (Å²) in [6, 6.07) is 18.2. The van der Waals surface area contributed by atoms with E-state index in [1.807, 2.05) is 59.7 Å². The molecular formula is C20H14N5+. The van der Waals surface area contributed by atoms with Crippen LogP contribution in [-0.2, 0) is 0 Å². The van der Waals surface area contributed by atoms with Crippen molar-refractivity contribution in [1.29, 1.82) is 0 Å². The summed E-state index contributed by atoms with van der Waals surface area (Å²) in [6.45, 7) is 0. The minimum absolute atomic E-state index is 0.910. The number of hydrazine groups is 1. The molecule has 1 aliphatic rings. The number of nitrogens with zero attached hydrogens (tertiary/aromatic N) is 4. The van der Waals surface area contributed by atoms with Crippen molar-refractivity contribution in [2.24, 2.45) is 0 Å². The molecule has 0 fully saturated rings. The Balaban J connectivity index is 1.53. The van der Waals surface area contributed by atoms with Crippen LogP contribution >= 0.6 is 0 Å². The Hall–Kier alpha value is -3.60. The molecule has 25 heavy (non-hydrogen) atoms. The SMILES string of the molecule is C(c1ccc2ncccc2c1)=[N+]1Nc2ccc(-c3cccnc3)nc21. The zero-order valence-corrected chi connectivity index (χ0v) is 13.3. The van der Waals surface area contributed by atoms with Gasteiger partial charge in [0.05, 0.1) is 5.52 Å². The molecule has 1 aromatic carbocycles. The van der Waals surface area contributed by atoms with E-state index in [0.29, 0.717) is 0 Å². The van der Waals surface area contributed by atoms with E-state index in [1.54, 1.807) is 6.20 Å². The third kappa shape index (κ3) is 2.42. The van der Waals surface area contributed by atoms with Gasteiger partial charge in [0, 0.05) is 35.1 Å². The highest BCUT2D eigenvalue weighted by Crippen LogP contribution is 2.33. The molecule has 3 aromatic heterocycles. The highest BCUT2D eigenvalue weighted by atomic mass is 15.5. The predicted octanol–water partition coefficient (Wildman–Crippen LogP) is 3.80. The van der Waals surface area contributed by atoms with Crippen LogP contribution in [0.25, 0.3) is 22.2 Å². The zero-order chi connectivity index (χ0) is 16.6. The molecule has 0 saturated carbocycles.